The number of methoxy groups -OCH3 is 2. The molecule has 34 heavy (non-hydrogen) atoms. The number of guanidine groups is 1. The standard InChI is InChI=1S/C22H24N4O7S/c1-5-19(28)23-17-11-10-16(34(31)15-8-6-14(7-9-15)13(2)27)12-18(17)24-20(25-21(29)32-3)26-22(30)33-4/h6-12H,5H2,1-4H3,(H,23,28)(H2,24,25,26,29,30). The van der Waals surface area contributed by atoms with Gasteiger partial charge in [-0.15, -0.1) is 0 Å². The van der Waals surface area contributed by atoms with Crippen LogP contribution < -0.4 is 16.0 Å². The first kappa shape index (κ1) is 26.2. The summed E-state index contributed by atoms with van der Waals surface area (Å²) in [6.45, 7) is 3.09. The predicted octanol–water partition coefficient (Wildman–Crippen LogP) is 3.10. The second-order valence-electron chi connectivity index (χ2n) is 6.62. The summed E-state index contributed by atoms with van der Waals surface area (Å²) >= 11 is 0. The summed E-state index contributed by atoms with van der Waals surface area (Å²) in [4.78, 5) is 51.8. The van der Waals surface area contributed by atoms with Crippen molar-refractivity contribution in [3.05, 3.63) is 48.0 Å². The van der Waals surface area contributed by atoms with Crippen LogP contribution in [0.4, 0.5) is 21.0 Å². The molecule has 0 spiro atoms. The van der Waals surface area contributed by atoms with Gasteiger partial charge in [0.15, 0.2) is 5.78 Å². The van der Waals surface area contributed by atoms with Crippen LogP contribution in [0.15, 0.2) is 57.2 Å². The smallest absolute Gasteiger partial charge is 0.413 e. The Morgan fingerprint density at radius 2 is 1.47 bits per heavy atom. The molecule has 180 valence electrons. The summed E-state index contributed by atoms with van der Waals surface area (Å²) in [7, 11) is 0.590. The van der Waals surface area contributed by atoms with E-state index in [1.807, 2.05) is 0 Å². The zero-order valence-electron chi connectivity index (χ0n) is 19.0. The number of nitrogens with one attached hydrogen (secondary N) is 3. The van der Waals surface area contributed by atoms with Gasteiger partial charge in [0.05, 0.1) is 36.4 Å². The molecule has 11 nitrogen and oxygen atoms in total. The number of benzene rings is 2. The van der Waals surface area contributed by atoms with Gasteiger partial charge in [0.25, 0.3) is 0 Å². The maximum atomic E-state index is 13.1. The third-order valence-electron chi connectivity index (χ3n) is 4.30. The number of aliphatic imine (C=N–C) groups is 1. The van der Waals surface area contributed by atoms with Crippen molar-refractivity contribution >= 4 is 52.0 Å². The molecule has 0 bridgehead atoms. The molecule has 0 aliphatic rings. The van der Waals surface area contributed by atoms with Crippen LogP contribution in [0.1, 0.15) is 30.6 Å². The number of ketones is 1. The minimum Gasteiger partial charge on any atom is -0.453 e. The van der Waals surface area contributed by atoms with E-state index in [0.29, 0.717) is 15.4 Å². The quantitative estimate of drug-likeness (QED) is 0.321. The van der Waals surface area contributed by atoms with E-state index < -0.39 is 23.0 Å². The number of hydrogen-bond acceptors (Lipinski definition) is 8. The topological polar surface area (TPSA) is 152 Å². The van der Waals surface area contributed by atoms with Crippen molar-refractivity contribution in [3.8, 4) is 0 Å². The van der Waals surface area contributed by atoms with Crippen molar-refractivity contribution < 1.29 is 32.9 Å². The van der Waals surface area contributed by atoms with Crippen LogP contribution in [0.25, 0.3) is 0 Å². The van der Waals surface area contributed by atoms with Gasteiger partial charge in [-0.25, -0.2) is 18.8 Å². The first-order valence-electron chi connectivity index (χ1n) is 9.93. The maximum Gasteiger partial charge on any atom is 0.413 e. The Bertz CT molecular complexity index is 1130. The molecule has 12 heteroatoms. The number of carbonyl (C=O) groups excluding carboxylic acids is 4. The van der Waals surface area contributed by atoms with Crippen molar-refractivity contribution in [3.63, 3.8) is 0 Å². The van der Waals surface area contributed by atoms with E-state index in [9.17, 15) is 23.4 Å². The van der Waals surface area contributed by atoms with Gasteiger partial charge in [-0.3, -0.25) is 20.2 Å². The lowest BCUT2D eigenvalue weighted by Crippen LogP contribution is -2.43. The minimum atomic E-state index is -1.66. The van der Waals surface area contributed by atoms with E-state index in [2.05, 4.69) is 30.4 Å². The molecular formula is C22H24N4O7S. The predicted molar refractivity (Wildman–Crippen MR) is 125 cm³/mol. The number of amides is 3. The molecule has 2 rings (SSSR count). The van der Waals surface area contributed by atoms with Crippen LogP contribution in [0.5, 0.6) is 0 Å². The fraction of sp³-hybridized carbons (Fsp3) is 0.227. The SMILES string of the molecule is CCC(=O)Nc1ccc(S(=O)c2ccc(C(C)=O)cc2)cc1N=C(NC(=O)OC)NC(=O)OC. The van der Waals surface area contributed by atoms with Gasteiger partial charge >= 0.3 is 12.2 Å². The highest BCUT2D eigenvalue weighted by molar-refractivity contribution is 7.85. The number of rotatable bonds is 6. The van der Waals surface area contributed by atoms with E-state index in [0.717, 1.165) is 14.2 Å². The van der Waals surface area contributed by atoms with Crippen molar-refractivity contribution in [2.24, 2.45) is 4.99 Å². The molecule has 0 aromatic heterocycles. The zero-order valence-corrected chi connectivity index (χ0v) is 19.8. The van der Waals surface area contributed by atoms with Gasteiger partial charge in [-0.2, -0.15) is 0 Å². The van der Waals surface area contributed by atoms with Crippen LogP contribution in [-0.4, -0.2) is 48.3 Å². The van der Waals surface area contributed by atoms with Gasteiger partial charge in [0.2, 0.25) is 11.9 Å². The van der Waals surface area contributed by atoms with Crippen LogP contribution in [0, 0.1) is 0 Å². The summed E-state index contributed by atoms with van der Waals surface area (Å²) < 4.78 is 22.2. The molecule has 0 saturated carbocycles. The highest BCUT2D eigenvalue weighted by Gasteiger charge is 2.16. The van der Waals surface area contributed by atoms with E-state index in [1.54, 1.807) is 37.3 Å². The summed E-state index contributed by atoms with van der Waals surface area (Å²) in [5, 5.41) is 7.11. The molecule has 1 atom stereocenters. The molecule has 1 unspecified atom stereocenters. The third kappa shape index (κ3) is 7.24. The molecular weight excluding hydrogens is 464 g/mol. The lowest BCUT2D eigenvalue weighted by molar-refractivity contribution is -0.115. The summed E-state index contributed by atoms with van der Waals surface area (Å²) in [5.74, 6) is -0.776. The average Bonchev–Trinajstić information content (AvgIpc) is 2.84. The lowest BCUT2D eigenvalue weighted by Gasteiger charge is -2.13. The Labute approximate surface area is 198 Å². The summed E-state index contributed by atoms with van der Waals surface area (Å²) in [6.07, 6.45) is -1.65. The zero-order chi connectivity index (χ0) is 25.3. The number of nitrogens with zero attached hydrogens (tertiary/aromatic N) is 1. The first-order valence-corrected chi connectivity index (χ1v) is 11.1. The number of alkyl carbamates (subject to hydrolysis) is 2. The monoisotopic (exact) mass is 488 g/mol. The number of hydrogen-bond donors (Lipinski definition) is 3. The van der Waals surface area contributed by atoms with E-state index in [1.165, 1.54) is 19.1 Å². The van der Waals surface area contributed by atoms with Gasteiger partial charge in [0.1, 0.15) is 0 Å². The second-order valence-corrected chi connectivity index (χ2v) is 8.10. The molecule has 0 aliphatic carbocycles. The van der Waals surface area contributed by atoms with Gasteiger partial charge < -0.3 is 14.8 Å². The van der Waals surface area contributed by atoms with Crippen LogP contribution >= 0.6 is 0 Å². The fourth-order valence-corrected chi connectivity index (χ4v) is 3.58. The Kier molecular flexibility index (Phi) is 9.44. The van der Waals surface area contributed by atoms with Crippen LogP contribution in [-0.2, 0) is 25.1 Å². The van der Waals surface area contributed by atoms with Crippen molar-refractivity contribution in [2.45, 2.75) is 30.1 Å². The van der Waals surface area contributed by atoms with Gasteiger partial charge in [-0.05, 0) is 37.3 Å². The highest BCUT2D eigenvalue weighted by atomic mass is 32.2. The number of ether oxygens (including phenoxy) is 2. The second kappa shape index (κ2) is 12.3. The molecule has 3 N–H and O–H groups in total. The number of carbonyl (C=O) groups is 4. The number of anilines is 1. The maximum absolute atomic E-state index is 13.1. The Balaban J connectivity index is 2.53. The van der Waals surface area contributed by atoms with Crippen molar-refractivity contribution in [2.75, 3.05) is 19.5 Å². The molecule has 0 saturated heterocycles. The highest BCUT2D eigenvalue weighted by Crippen LogP contribution is 2.30. The summed E-state index contributed by atoms with van der Waals surface area (Å²) in [5.41, 5.74) is 0.822. The molecule has 0 aliphatic heterocycles. The van der Waals surface area contributed by atoms with Gasteiger partial charge in [-0.1, -0.05) is 19.1 Å². The van der Waals surface area contributed by atoms with E-state index in [4.69, 9.17) is 0 Å². The third-order valence-corrected chi connectivity index (χ3v) is 5.68. The molecule has 3 amide bonds. The molecule has 2 aromatic rings. The normalized spacial score (nSPS) is 10.9. The van der Waals surface area contributed by atoms with Crippen LogP contribution in [0.2, 0.25) is 0 Å². The van der Waals surface area contributed by atoms with Crippen LogP contribution in [0.3, 0.4) is 0 Å². The Hall–Kier alpha value is -4.06. The molecule has 2 aromatic carbocycles. The molecule has 0 heterocycles. The molecule has 0 fully saturated rings. The Morgan fingerprint density at radius 3 is 1.97 bits per heavy atom. The fourth-order valence-electron chi connectivity index (χ4n) is 2.52. The van der Waals surface area contributed by atoms with Gasteiger partial charge in [0, 0.05) is 21.8 Å². The lowest BCUT2D eigenvalue weighted by atomic mass is 10.2. The number of Topliss-reactive ketones (excluding diaryl/α,β-unsaturated/α-hetero) is 1. The first-order chi connectivity index (χ1) is 16.2. The summed E-state index contributed by atoms with van der Waals surface area (Å²) in [6, 6.07) is 10.8. The van der Waals surface area contributed by atoms with Crippen molar-refractivity contribution in [1.82, 2.24) is 10.6 Å². The van der Waals surface area contributed by atoms with E-state index in [-0.39, 0.29) is 35.4 Å². The Morgan fingerprint density at radius 1 is 0.912 bits per heavy atom. The van der Waals surface area contributed by atoms with E-state index >= 15 is 0 Å². The average molecular weight is 489 g/mol. The largest absolute Gasteiger partial charge is 0.453 e. The minimum absolute atomic E-state index is 0.0933. The van der Waals surface area contributed by atoms with Crippen molar-refractivity contribution in [1.29, 1.82) is 0 Å². The molecule has 0 radical (unpaired) electrons.